The van der Waals surface area contributed by atoms with Gasteiger partial charge in [-0.05, 0) is 49.4 Å². The number of ether oxygens (including phenoxy) is 1. The Morgan fingerprint density at radius 2 is 1.79 bits per heavy atom. The van der Waals surface area contributed by atoms with E-state index in [0.29, 0.717) is 15.2 Å². The van der Waals surface area contributed by atoms with Gasteiger partial charge in [-0.15, -0.1) is 22.7 Å². The number of carbonyl (C=O) groups excluding carboxylic acids is 2. The number of nitrogens with zero attached hydrogens (tertiary/aromatic N) is 3. The molecule has 0 saturated carbocycles. The molecule has 2 unspecified atom stereocenters. The van der Waals surface area contributed by atoms with E-state index in [2.05, 4.69) is 15.3 Å². The fraction of sp³-hybridized carbons (Fsp3) is 0.424. The molecule has 48 heavy (non-hydrogen) atoms. The fourth-order valence-electron chi connectivity index (χ4n) is 4.99. The molecule has 2 heterocycles. The highest BCUT2D eigenvalue weighted by atomic mass is 32.2. The molecule has 4 aromatic rings. The molecule has 3 N–H and O–H groups in total. The molecular weight excluding hydrogens is 677 g/mol. The third kappa shape index (κ3) is 10.4. The second kappa shape index (κ2) is 17.1. The third-order valence-corrected chi connectivity index (χ3v) is 11.3. The molecule has 12 nitrogen and oxygen atoms in total. The van der Waals surface area contributed by atoms with Gasteiger partial charge in [-0.1, -0.05) is 44.2 Å². The van der Waals surface area contributed by atoms with Crippen LogP contribution in [-0.2, 0) is 37.4 Å². The van der Waals surface area contributed by atoms with Crippen LogP contribution in [0.4, 0.5) is 4.79 Å². The van der Waals surface area contributed by atoms with Crippen molar-refractivity contribution in [2.75, 3.05) is 13.1 Å². The number of Topliss-reactive ketones (excluding diaryl/α,β-unsaturated/α-hetero) is 1. The molecule has 258 valence electrons. The second-order valence-corrected chi connectivity index (χ2v) is 15.9. The van der Waals surface area contributed by atoms with Gasteiger partial charge in [0.1, 0.15) is 17.4 Å². The summed E-state index contributed by atoms with van der Waals surface area (Å²) in [7, 11) is -4.12. The van der Waals surface area contributed by atoms with Crippen LogP contribution in [0, 0.1) is 5.92 Å². The summed E-state index contributed by atoms with van der Waals surface area (Å²) in [5, 5.41) is 23.6. The normalized spacial score (nSPS) is 13.8. The van der Waals surface area contributed by atoms with E-state index in [4.69, 9.17) is 9.84 Å². The lowest BCUT2D eigenvalue weighted by Gasteiger charge is -2.30. The lowest BCUT2D eigenvalue weighted by molar-refractivity contribution is -0.137. The molecule has 0 fully saturated rings. The molecule has 0 saturated heterocycles. The standard InChI is InChI=1S/C33H40N4O8S3/c1-21(2)17-37(18-29(39)27(14-23-8-5-4-6-9-23)36-33(42)45-19-24-16-34-20-46-24)48(43,44)25-12-13-26-30(15-25)47-32(35-26)22(3)28(38)10-7-11-31(40)41/h4-6,8-9,12-13,15-16,20-22,27,29,39H,7,10-11,14,17-19H2,1-3H3,(H,36,42)(H,40,41)/t22?,27?,29-/m1/s1. The Labute approximate surface area is 287 Å². The van der Waals surface area contributed by atoms with E-state index in [1.165, 1.54) is 39.1 Å². The van der Waals surface area contributed by atoms with E-state index in [1.54, 1.807) is 24.7 Å². The highest BCUT2D eigenvalue weighted by Gasteiger charge is 2.32. The summed E-state index contributed by atoms with van der Waals surface area (Å²) < 4.78 is 35.3. The molecule has 0 spiro atoms. The van der Waals surface area contributed by atoms with Gasteiger partial charge in [0.25, 0.3) is 0 Å². The number of fused-ring (bicyclic) bond motifs is 1. The molecule has 2 aromatic heterocycles. The zero-order valence-electron chi connectivity index (χ0n) is 26.9. The number of benzene rings is 2. The van der Waals surface area contributed by atoms with Crippen LogP contribution in [0.25, 0.3) is 10.2 Å². The molecule has 3 atom stereocenters. The SMILES string of the molecule is CC(C)CN(C[C@@H](O)C(Cc1ccccc1)NC(=O)OCc1cncs1)S(=O)(=O)c1ccc2nc(C(C)C(=O)CCCC(=O)O)sc2c1. The van der Waals surface area contributed by atoms with Crippen molar-refractivity contribution in [3.8, 4) is 0 Å². The number of aliphatic hydroxyl groups excluding tert-OH is 1. The zero-order chi connectivity index (χ0) is 34.8. The summed E-state index contributed by atoms with van der Waals surface area (Å²) in [6, 6.07) is 12.9. The summed E-state index contributed by atoms with van der Waals surface area (Å²) in [6.45, 7) is 5.29. The number of aromatic nitrogens is 2. The first-order chi connectivity index (χ1) is 22.8. The van der Waals surface area contributed by atoms with Crippen LogP contribution in [0.5, 0.6) is 0 Å². The van der Waals surface area contributed by atoms with Gasteiger partial charge in [-0.2, -0.15) is 4.31 Å². The van der Waals surface area contributed by atoms with E-state index in [1.807, 2.05) is 44.2 Å². The number of aliphatic carboxylic acids is 1. The van der Waals surface area contributed by atoms with Gasteiger partial charge in [0.15, 0.2) is 0 Å². The van der Waals surface area contributed by atoms with Crippen molar-refractivity contribution in [2.24, 2.45) is 5.92 Å². The molecule has 0 radical (unpaired) electrons. The number of carbonyl (C=O) groups is 3. The number of alkyl carbamates (subject to hydrolysis) is 1. The van der Waals surface area contributed by atoms with E-state index < -0.39 is 40.1 Å². The number of nitrogens with one attached hydrogen (secondary N) is 1. The van der Waals surface area contributed by atoms with Crippen molar-refractivity contribution < 1.29 is 37.8 Å². The Hall–Kier alpha value is -3.76. The van der Waals surface area contributed by atoms with Crippen LogP contribution in [0.3, 0.4) is 0 Å². The predicted molar refractivity (Wildman–Crippen MR) is 184 cm³/mol. The Kier molecular flexibility index (Phi) is 13.2. The maximum atomic E-state index is 14.1. The number of carboxylic acids is 1. The number of carboxylic acid groups (broad SMARTS) is 1. The van der Waals surface area contributed by atoms with Gasteiger partial charge in [0, 0.05) is 32.1 Å². The summed E-state index contributed by atoms with van der Waals surface area (Å²) >= 11 is 2.56. The minimum atomic E-state index is -4.12. The number of ketones is 1. The van der Waals surface area contributed by atoms with Crippen molar-refractivity contribution in [2.45, 2.75) is 76.0 Å². The van der Waals surface area contributed by atoms with Crippen LogP contribution in [0.2, 0.25) is 0 Å². The highest BCUT2D eigenvalue weighted by Crippen LogP contribution is 2.31. The molecule has 15 heteroatoms. The van der Waals surface area contributed by atoms with Gasteiger partial charge in [0.2, 0.25) is 10.0 Å². The zero-order valence-corrected chi connectivity index (χ0v) is 29.4. The van der Waals surface area contributed by atoms with Crippen molar-refractivity contribution in [3.05, 3.63) is 75.7 Å². The van der Waals surface area contributed by atoms with Crippen molar-refractivity contribution in [3.63, 3.8) is 0 Å². The number of aliphatic hydroxyl groups is 1. The number of hydrogen-bond acceptors (Lipinski definition) is 11. The summed E-state index contributed by atoms with van der Waals surface area (Å²) in [6.07, 6.45) is 0.0404. The predicted octanol–water partition coefficient (Wildman–Crippen LogP) is 5.23. The summed E-state index contributed by atoms with van der Waals surface area (Å²) in [5.41, 5.74) is 3.00. The van der Waals surface area contributed by atoms with Gasteiger partial charge < -0.3 is 20.3 Å². The Bertz CT molecular complexity index is 1780. The van der Waals surface area contributed by atoms with Crippen LogP contribution >= 0.6 is 22.7 Å². The molecule has 0 aliphatic heterocycles. The number of sulfonamides is 1. The minimum absolute atomic E-state index is 0.00928. The number of hydrogen-bond donors (Lipinski definition) is 3. The monoisotopic (exact) mass is 716 g/mol. The lowest BCUT2D eigenvalue weighted by atomic mass is 10.0. The van der Waals surface area contributed by atoms with Gasteiger partial charge >= 0.3 is 12.1 Å². The molecule has 0 aliphatic carbocycles. The maximum absolute atomic E-state index is 14.1. The average molecular weight is 717 g/mol. The molecule has 0 bridgehead atoms. The van der Waals surface area contributed by atoms with Crippen LogP contribution in [-0.4, -0.2) is 76.0 Å². The van der Waals surface area contributed by atoms with Crippen LogP contribution < -0.4 is 5.32 Å². The molecule has 2 aromatic carbocycles. The molecular formula is C33H40N4O8S3. The van der Waals surface area contributed by atoms with E-state index in [-0.39, 0.29) is 62.0 Å². The molecule has 1 amide bonds. The first kappa shape index (κ1) is 37.1. The van der Waals surface area contributed by atoms with Gasteiger partial charge in [0.05, 0.1) is 43.6 Å². The lowest BCUT2D eigenvalue weighted by Crippen LogP contribution is -2.51. The average Bonchev–Trinajstić information content (AvgIpc) is 3.73. The topological polar surface area (TPSA) is 176 Å². The fourth-order valence-corrected chi connectivity index (χ4v) is 8.30. The van der Waals surface area contributed by atoms with E-state index in [0.717, 1.165) is 10.4 Å². The van der Waals surface area contributed by atoms with Gasteiger partial charge in [-0.3, -0.25) is 14.6 Å². The number of rotatable bonds is 18. The minimum Gasteiger partial charge on any atom is -0.481 e. The first-order valence-corrected chi connectivity index (χ1v) is 18.6. The molecule has 0 aliphatic rings. The van der Waals surface area contributed by atoms with E-state index in [9.17, 15) is 27.9 Å². The number of thiazole rings is 2. The highest BCUT2D eigenvalue weighted by molar-refractivity contribution is 7.89. The van der Waals surface area contributed by atoms with Gasteiger partial charge in [-0.25, -0.2) is 18.2 Å². The first-order valence-electron chi connectivity index (χ1n) is 15.5. The second-order valence-electron chi connectivity index (χ2n) is 11.9. The summed E-state index contributed by atoms with van der Waals surface area (Å²) in [5.74, 6) is -1.74. The van der Waals surface area contributed by atoms with Crippen molar-refractivity contribution in [1.82, 2.24) is 19.6 Å². The van der Waals surface area contributed by atoms with Crippen LogP contribution in [0.15, 0.2) is 65.1 Å². The quantitative estimate of drug-likeness (QED) is 0.124. The third-order valence-electron chi connectivity index (χ3n) is 7.54. The Balaban J connectivity index is 1.53. The van der Waals surface area contributed by atoms with Crippen molar-refractivity contribution >= 4 is 60.8 Å². The Morgan fingerprint density at radius 3 is 2.46 bits per heavy atom. The largest absolute Gasteiger partial charge is 0.481 e. The van der Waals surface area contributed by atoms with Crippen molar-refractivity contribution in [1.29, 1.82) is 0 Å². The maximum Gasteiger partial charge on any atom is 0.407 e. The summed E-state index contributed by atoms with van der Waals surface area (Å²) in [4.78, 5) is 45.5. The molecule has 4 rings (SSSR count). The van der Waals surface area contributed by atoms with E-state index >= 15 is 0 Å². The van der Waals surface area contributed by atoms with Crippen LogP contribution in [0.1, 0.15) is 61.4 Å². The number of amides is 1. The Morgan fingerprint density at radius 1 is 1.04 bits per heavy atom. The smallest absolute Gasteiger partial charge is 0.407 e.